The number of rotatable bonds is 3. The van der Waals surface area contributed by atoms with Crippen LogP contribution >= 0.6 is 0 Å². The van der Waals surface area contributed by atoms with Gasteiger partial charge in [-0.25, -0.2) is 4.79 Å². The minimum Gasteiger partial charge on any atom is -0.478 e. The van der Waals surface area contributed by atoms with Gasteiger partial charge in [0.2, 0.25) is 5.91 Å². The summed E-state index contributed by atoms with van der Waals surface area (Å²) in [5.74, 6) is -0.895. The lowest BCUT2D eigenvalue weighted by Crippen LogP contribution is -2.33. The summed E-state index contributed by atoms with van der Waals surface area (Å²) in [5.41, 5.74) is 1.14. The molecule has 0 bridgehead atoms. The number of hydrogen-bond acceptors (Lipinski definition) is 3. The van der Waals surface area contributed by atoms with E-state index in [0.717, 1.165) is 44.7 Å². The van der Waals surface area contributed by atoms with Crippen molar-refractivity contribution in [2.45, 2.75) is 19.3 Å². The van der Waals surface area contributed by atoms with Crippen molar-refractivity contribution in [2.75, 3.05) is 26.3 Å². The van der Waals surface area contributed by atoms with E-state index in [9.17, 15) is 9.59 Å². The summed E-state index contributed by atoms with van der Waals surface area (Å²) in [4.78, 5) is 25.2. The Morgan fingerprint density at radius 2 is 2.19 bits per heavy atom. The topological polar surface area (TPSA) is 66.8 Å². The Labute approximate surface area is 123 Å². The van der Waals surface area contributed by atoms with Crippen molar-refractivity contribution in [3.05, 3.63) is 35.4 Å². The van der Waals surface area contributed by atoms with Crippen LogP contribution in [0.25, 0.3) is 0 Å². The zero-order valence-electron chi connectivity index (χ0n) is 11.9. The number of hydrogen-bond donors (Lipinski definition) is 1. The largest absolute Gasteiger partial charge is 0.478 e. The Kier molecular flexibility index (Phi) is 3.68. The number of carbonyl (C=O) groups excluding carboxylic acids is 1. The van der Waals surface area contributed by atoms with Crippen molar-refractivity contribution < 1.29 is 19.4 Å². The van der Waals surface area contributed by atoms with Gasteiger partial charge in [-0.15, -0.1) is 0 Å². The molecule has 1 aromatic rings. The molecule has 2 heterocycles. The molecule has 0 aromatic heterocycles. The Morgan fingerprint density at radius 3 is 2.90 bits per heavy atom. The molecule has 2 aliphatic rings. The average Bonchev–Trinajstić information content (AvgIpc) is 3.10. The van der Waals surface area contributed by atoms with Crippen LogP contribution in [0.15, 0.2) is 24.3 Å². The SMILES string of the molecule is O=C(O)c1cccc(CC(=O)N2CC[C@@]3(CCOC3)C2)c1. The van der Waals surface area contributed by atoms with E-state index in [1.54, 1.807) is 18.2 Å². The number of nitrogens with zero attached hydrogens (tertiary/aromatic N) is 1. The van der Waals surface area contributed by atoms with Crippen LogP contribution < -0.4 is 0 Å². The van der Waals surface area contributed by atoms with Crippen LogP contribution in [0.4, 0.5) is 0 Å². The third-order valence-electron chi connectivity index (χ3n) is 4.51. The first-order valence-corrected chi connectivity index (χ1v) is 7.26. The summed E-state index contributed by atoms with van der Waals surface area (Å²) in [6, 6.07) is 6.60. The summed E-state index contributed by atoms with van der Waals surface area (Å²) in [5, 5.41) is 8.99. The van der Waals surface area contributed by atoms with E-state index in [4.69, 9.17) is 9.84 Å². The molecule has 5 heteroatoms. The molecular formula is C16H19NO4. The van der Waals surface area contributed by atoms with Crippen LogP contribution in [0.2, 0.25) is 0 Å². The molecule has 0 radical (unpaired) electrons. The van der Waals surface area contributed by atoms with Gasteiger partial charge in [-0.05, 0) is 30.5 Å². The molecule has 1 amide bonds. The quantitative estimate of drug-likeness (QED) is 0.917. The lowest BCUT2D eigenvalue weighted by atomic mass is 9.87. The number of aromatic carboxylic acids is 1. The van der Waals surface area contributed by atoms with E-state index in [2.05, 4.69) is 0 Å². The number of carbonyl (C=O) groups is 2. The van der Waals surface area contributed by atoms with Gasteiger partial charge in [0.1, 0.15) is 0 Å². The molecule has 1 N–H and O–H groups in total. The van der Waals surface area contributed by atoms with Crippen LogP contribution in [0.1, 0.15) is 28.8 Å². The molecule has 1 aromatic carbocycles. The summed E-state index contributed by atoms with van der Waals surface area (Å²) in [6.07, 6.45) is 2.30. The fourth-order valence-corrected chi connectivity index (χ4v) is 3.22. The minimum atomic E-state index is -0.965. The van der Waals surface area contributed by atoms with Crippen molar-refractivity contribution in [3.63, 3.8) is 0 Å². The van der Waals surface area contributed by atoms with E-state index < -0.39 is 5.97 Å². The highest BCUT2D eigenvalue weighted by Gasteiger charge is 2.42. The summed E-state index contributed by atoms with van der Waals surface area (Å²) in [7, 11) is 0. The zero-order valence-corrected chi connectivity index (χ0v) is 11.9. The molecule has 0 aliphatic carbocycles. The first-order valence-electron chi connectivity index (χ1n) is 7.26. The molecular weight excluding hydrogens is 270 g/mol. The van der Waals surface area contributed by atoms with E-state index >= 15 is 0 Å². The molecule has 0 unspecified atom stereocenters. The molecule has 21 heavy (non-hydrogen) atoms. The minimum absolute atomic E-state index is 0.0707. The highest BCUT2D eigenvalue weighted by molar-refractivity contribution is 5.88. The van der Waals surface area contributed by atoms with E-state index in [1.807, 2.05) is 4.90 Å². The number of carboxylic acids is 1. The van der Waals surface area contributed by atoms with Gasteiger partial charge in [0.05, 0.1) is 18.6 Å². The predicted molar refractivity (Wildman–Crippen MR) is 76.2 cm³/mol. The number of amides is 1. The summed E-state index contributed by atoms with van der Waals surface area (Å²) in [6.45, 7) is 3.10. The van der Waals surface area contributed by atoms with Crippen LogP contribution in [0.3, 0.4) is 0 Å². The molecule has 112 valence electrons. The molecule has 0 saturated carbocycles. The Hall–Kier alpha value is -1.88. The lowest BCUT2D eigenvalue weighted by molar-refractivity contribution is -0.129. The summed E-state index contributed by atoms with van der Waals surface area (Å²) < 4.78 is 5.47. The molecule has 1 spiro atoms. The smallest absolute Gasteiger partial charge is 0.335 e. The molecule has 2 saturated heterocycles. The molecule has 3 rings (SSSR count). The second kappa shape index (κ2) is 5.48. The Morgan fingerprint density at radius 1 is 1.33 bits per heavy atom. The highest BCUT2D eigenvalue weighted by atomic mass is 16.5. The highest BCUT2D eigenvalue weighted by Crippen LogP contribution is 2.38. The standard InChI is InChI=1S/C16H19NO4/c18-14(9-12-2-1-3-13(8-12)15(19)20)17-6-4-16(10-17)5-7-21-11-16/h1-3,8H,4-7,9-11H2,(H,19,20)/t16-/m1/s1. The van der Waals surface area contributed by atoms with Crippen molar-refractivity contribution >= 4 is 11.9 Å². The first-order chi connectivity index (χ1) is 10.1. The molecule has 2 aliphatic heterocycles. The van der Waals surface area contributed by atoms with Crippen molar-refractivity contribution in [1.82, 2.24) is 4.90 Å². The first kappa shape index (κ1) is 14.1. The Bertz CT molecular complexity index is 563. The monoisotopic (exact) mass is 289 g/mol. The maximum absolute atomic E-state index is 12.4. The average molecular weight is 289 g/mol. The van der Waals surface area contributed by atoms with Gasteiger partial charge in [0.25, 0.3) is 0 Å². The maximum atomic E-state index is 12.4. The van der Waals surface area contributed by atoms with Crippen LogP contribution in [0.5, 0.6) is 0 Å². The van der Waals surface area contributed by atoms with Crippen molar-refractivity contribution in [3.8, 4) is 0 Å². The fourth-order valence-electron chi connectivity index (χ4n) is 3.22. The maximum Gasteiger partial charge on any atom is 0.335 e. The number of likely N-dealkylation sites (tertiary alicyclic amines) is 1. The molecule has 1 atom stereocenters. The van der Waals surface area contributed by atoms with Crippen LogP contribution in [0, 0.1) is 5.41 Å². The van der Waals surface area contributed by atoms with E-state index in [0.29, 0.717) is 0 Å². The van der Waals surface area contributed by atoms with Crippen molar-refractivity contribution in [2.24, 2.45) is 5.41 Å². The van der Waals surface area contributed by atoms with Gasteiger partial charge in [0, 0.05) is 25.1 Å². The number of ether oxygens (including phenoxy) is 1. The van der Waals surface area contributed by atoms with Gasteiger partial charge in [-0.1, -0.05) is 12.1 Å². The second-order valence-corrected chi connectivity index (χ2v) is 6.05. The van der Waals surface area contributed by atoms with Gasteiger partial charge in [-0.3, -0.25) is 4.79 Å². The van der Waals surface area contributed by atoms with Crippen LogP contribution in [-0.4, -0.2) is 48.2 Å². The van der Waals surface area contributed by atoms with Gasteiger partial charge < -0.3 is 14.7 Å². The van der Waals surface area contributed by atoms with Gasteiger partial charge in [0.15, 0.2) is 0 Å². The van der Waals surface area contributed by atoms with Crippen LogP contribution in [-0.2, 0) is 16.0 Å². The zero-order chi connectivity index (χ0) is 14.9. The number of carboxylic acid groups (broad SMARTS) is 1. The van der Waals surface area contributed by atoms with Gasteiger partial charge in [-0.2, -0.15) is 0 Å². The fraction of sp³-hybridized carbons (Fsp3) is 0.500. The lowest BCUT2D eigenvalue weighted by Gasteiger charge is -2.22. The van der Waals surface area contributed by atoms with Gasteiger partial charge >= 0.3 is 5.97 Å². The molecule has 5 nitrogen and oxygen atoms in total. The Balaban J connectivity index is 1.64. The number of benzene rings is 1. The van der Waals surface area contributed by atoms with Crippen molar-refractivity contribution in [1.29, 1.82) is 0 Å². The third kappa shape index (κ3) is 2.93. The third-order valence-corrected chi connectivity index (χ3v) is 4.51. The van der Waals surface area contributed by atoms with E-state index in [1.165, 1.54) is 6.07 Å². The normalized spacial score (nSPS) is 24.7. The predicted octanol–water partition coefficient (Wildman–Crippen LogP) is 1.57. The second-order valence-electron chi connectivity index (χ2n) is 6.05. The van der Waals surface area contributed by atoms with E-state index in [-0.39, 0.29) is 23.3 Å². The summed E-state index contributed by atoms with van der Waals surface area (Å²) >= 11 is 0. The molecule has 2 fully saturated rings.